The zero-order valence-corrected chi connectivity index (χ0v) is 12.9. The molecular formula is C19H19NO2. The van der Waals surface area contributed by atoms with Crippen molar-refractivity contribution in [1.82, 2.24) is 0 Å². The molecule has 0 fully saturated rings. The summed E-state index contributed by atoms with van der Waals surface area (Å²) in [4.78, 5) is 13.9. The first-order valence-corrected chi connectivity index (χ1v) is 7.11. The normalized spacial score (nSPS) is 9.86. The summed E-state index contributed by atoms with van der Waals surface area (Å²) in [6.07, 6.45) is 4.98. The van der Waals surface area contributed by atoms with Crippen molar-refractivity contribution in [3.05, 3.63) is 65.2 Å². The number of nitrogens with zero attached hydrogens (tertiary/aromatic N) is 1. The molecule has 2 aromatic rings. The van der Waals surface area contributed by atoms with Crippen LogP contribution >= 0.6 is 0 Å². The Hall–Kier alpha value is -2.73. The lowest BCUT2D eigenvalue weighted by Gasteiger charge is -2.23. The standard InChI is InChI=1S/C19H19NO2/c1-4-13-20(18-15(2)9-8-10-16(18)3)19(21)22-14-17-11-6-5-7-12-17/h1,5-12H,13-14H2,2-3H3. The van der Waals surface area contributed by atoms with Gasteiger partial charge in [-0.1, -0.05) is 54.5 Å². The van der Waals surface area contributed by atoms with E-state index in [1.54, 1.807) is 0 Å². The quantitative estimate of drug-likeness (QED) is 0.795. The highest BCUT2D eigenvalue weighted by Gasteiger charge is 2.19. The molecule has 0 saturated heterocycles. The third-order valence-corrected chi connectivity index (χ3v) is 3.38. The molecule has 0 aromatic heterocycles. The Bertz CT molecular complexity index is 666. The highest BCUT2D eigenvalue weighted by atomic mass is 16.6. The summed E-state index contributed by atoms with van der Waals surface area (Å²) in [5.74, 6) is 2.52. The Kier molecular flexibility index (Phi) is 5.21. The van der Waals surface area contributed by atoms with Gasteiger partial charge in [-0.2, -0.15) is 0 Å². The molecule has 2 aromatic carbocycles. The molecule has 0 unspecified atom stereocenters. The first kappa shape index (κ1) is 15.7. The van der Waals surface area contributed by atoms with Gasteiger partial charge < -0.3 is 4.74 Å². The summed E-state index contributed by atoms with van der Waals surface area (Å²) >= 11 is 0. The molecule has 1 amide bonds. The summed E-state index contributed by atoms with van der Waals surface area (Å²) in [5, 5.41) is 0. The van der Waals surface area contributed by atoms with Crippen LogP contribution in [0, 0.1) is 26.2 Å². The Labute approximate surface area is 131 Å². The van der Waals surface area contributed by atoms with Crippen LogP contribution in [-0.4, -0.2) is 12.6 Å². The molecule has 0 spiro atoms. The van der Waals surface area contributed by atoms with Gasteiger partial charge in [0, 0.05) is 0 Å². The van der Waals surface area contributed by atoms with E-state index in [0.717, 1.165) is 22.4 Å². The van der Waals surface area contributed by atoms with Gasteiger partial charge in [0.2, 0.25) is 0 Å². The average molecular weight is 293 g/mol. The highest BCUT2D eigenvalue weighted by Crippen LogP contribution is 2.25. The molecule has 0 radical (unpaired) electrons. The summed E-state index contributed by atoms with van der Waals surface area (Å²) < 4.78 is 5.40. The topological polar surface area (TPSA) is 29.5 Å². The van der Waals surface area contributed by atoms with E-state index in [1.165, 1.54) is 4.90 Å². The molecule has 112 valence electrons. The minimum atomic E-state index is -0.431. The third-order valence-electron chi connectivity index (χ3n) is 3.38. The fourth-order valence-corrected chi connectivity index (χ4v) is 2.35. The molecule has 3 nitrogen and oxygen atoms in total. The van der Waals surface area contributed by atoms with E-state index in [1.807, 2.05) is 62.4 Å². The second-order valence-corrected chi connectivity index (χ2v) is 5.07. The van der Waals surface area contributed by atoms with Crippen LogP contribution in [0.2, 0.25) is 0 Å². The maximum atomic E-state index is 12.4. The second-order valence-electron chi connectivity index (χ2n) is 5.07. The molecule has 0 N–H and O–H groups in total. The van der Waals surface area contributed by atoms with E-state index in [-0.39, 0.29) is 13.2 Å². The van der Waals surface area contributed by atoms with E-state index in [9.17, 15) is 4.79 Å². The number of hydrogen-bond acceptors (Lipinski definition) is 2. The molecule has 3 heteroatoms. The van der Waals surface area contributed by atoms with Crippen molar-refractivity contribution in [1.29, 1.82) is 0 Å². The number of para-hydroxylation sites is 1. The Morgan fingerprint density at radius 1 is 1.09 bits per heavy atom. The molecule has 2 rings (SSSR count). The Balaban J connectivity index is 2.17. The first-order chi connectivity index (χ1) is 10.6. The zero-order chi connectivity index (χ0) is 15.9. The maximum absolute atomic E-state index is 12.4. The van der Waals surface area contributed by atoms with E-state index in [4.69, 9.17) is 11.2 Å². The number of carbonyl (C=O) groups excluding carboxylic acids is 1. The van der Waals surface area contributed by atoms with E-state index in [2.05, 4.69) is 5.92 Å². The van der Waals surface area contributed by atoms with Crippen molar-refractivity contribution in [2.24, 2.45) is 0 Å². The summed E-state index contributed by atoms with van der Waals surface area (Å²) in [7, 11) is 0. The van der Waals surface area contributed by atoms with Crippen LogP contribution in [0.4, 0.5) is 10.5 Å². The molecular weight excluding hydrogens is 274 g/mol. The van der Waals surface area contributed by atoms with Crippen molar-refractivity contribution >= 4 is 11.8 Å². The van der Waals surface area contributed by atoms with Gasteiger partial charge in [0.1, 0.15) is 6.61 Å². The van der Waals surface area contributed by atoms with E-state index >= 15 is 0 Å². The second kappa shape index (κ2) is 7.33. The fraction of sp³-hybridized carbons (Fsp3) is 0.211. The number of anilines is 1. The smallest absolute Gasteiger partial charge is 0.415 e. The van der Waals surface area contributed by atoms with E-state index < -0.39 is 6.09 Å². The predicted octanol–water partition coefficient (Wildman–Crippen LogP) is 4.08. The van der Waals surface area contributed by atoms with Crippen LogP contribution in [0.15, 0.2) is 48.5 Å². The molecule has 0 bridgehead atoms. The number of rotatable bonds is 4. The molecule has 0 aliphatic heterocycles. The third kappa shape index (κ3) is 3.67. The van der Waals surface area contributed by atoms with Gasteiger partial charge in [-0.3, -0.25) is 4.90 Å². The Morgan fingerprint density at radius 2 is 1.73 bits per heavy atom. The van der Waals surface area contributed by atoms with Crippen LogP contribution in [-0.2, 0) is 11.3 Å². The van der Waals surface area contributed by atoms with E-state index in [0.29, 0.717) is 0 Å². The first-order valence-electron chi connectivity index (χ1n) is 7.11. The number of benzene rings is 2. The number of amides is 1. The number of ether oxygens (including phenoxy) is 1. The van der Waals surface area contributed by atoms with Gasteiger partial charge in [0.25, 0.3) is 0 Å². The Morgan fingerprint density at radius 3 is 2.32 bits per heavy atom. The van der Waals surface area contributed by atoms with Crippen LogP contribution in [0.25, 0.3) is 0 Å². The lowest BCUT2D eigenvalue weighted by atomic mass is 10.1. The van der Waals surface area contributed by atoms with Crippen LogP contribution in [0.5, 0.6) is 0 Å². The van der Waals surface area contributed by atoms with Gasteiger partial charge >= 0.3 is 6.09 Å². The predicted molar refractivity (Wildman–Crippen MR) is 88.7 cm³/mol. The molecule has 0 atom stereocenters. The average Bonchev–Trinajstić information content (AvgIpc) is 2.52. The fourth-order valence-electron chi connectivity index (χ4n) is 2.35. The summed E-state index contributed by atoms with van der Waals surface area (Å²) in [5.41, 5.74) is 3.75. The molecule has 22 heavy (non-hydrogen) atoms. The van der Waals surface area contributed by atoms with Crippen molar-refractivity contribution in [3.63, 3.8) is 0 Å². The lowest BCUT2D eigenvalue weighted by Crippen LogP contribution is -2.33. The molecule has 0 aliphatic rings. The number of aryl methyl sites for hydroxylation is 2. The van der Waals surface area contributed by atoms with Crippen molar-refractivity contribution < 1.29 is 9.53 Å². The lowest BCUT2D eigenvalue weighted by molar-refractivity contribution is 0.148. The number of terminal acetylenes is 1. The van der Waals surface area contributed by atoms with Crippen LogP contribution in [0.3, 0.4) is 0 Å². The number of carbonyl (C=O) groups is 1. The van der Waals surface area contributed by atoms with Crippen molar-refractivity contribution in [2.75, 3.05) is 11.4 Å². The minimum absolute atomic E-state index is 0.180. The van der Waals surface area contributed by atoms with Gasteiger partial charge in [0.15, 0.2) is 0 Å². The van der Waals surface area contributed by atoms with Crippen molar-refractivity contribution in [3.8, 4) is 12.3 Å². The zero-order valence-electron chi connectivity index (χ0n) is 12.9. The summed E-state index contributed by atoms with van der Waals surface area (Å²) in [6.45, 7) is 4.32. The largest absolute Gasteiger partial charge is 0.444 e. The summed E-state index contributed by atoms with van der Waals surface area (Å²) in [6, 6.07) is 15.4. The van der Waals surface area contributed by atoms with Gasteiger partial charge in [-0.15, -0.1) is 6.42 Å². The SMILES string of the molecule is C#CCN(C(=O)OCc1ccccc1)c1c(C)cccc1C. The van der Waals surface area contributed by atoms with Gasteiger partial charge in [-0.05, 0) is 30.5 Å². The van der Waals surface area contributed by atoms with Crippen molar-refractivity contribution in [2.45, 2.75) is 20.5 Å². The minimum Gasteiger partial charge on any atom is -0.444 e. The van der Waals surface area contributed by atoms with Gasteiger partial charge in [0.05, 0.1) is 12.2 Å². The van der Waals surface area contributed by atoms with Crippen LogP contribution in [0.1, 0.15) is 16.7 Å². The highest BCUT2D eigenvalue weighted by molar-refractivity contribution is 5.90. The molecule has 0 heterocycles. The monoisotopic (exact) mass is 293 g/mol. The molecule has 0 aliphatic carbocycles. The van der Waals surface area contributed by atoms with Crippen LogP contribution < -0.4 is 4.90 Å². The van der Waals surface area contributed by atoms with Gasteiger partial charge in [-0.25, -0.2) is 4.79 Å². The maximum Gasteiger partial charge on any atom is 0.415 e. The molecule has 0 saturated carbocycles. The number of hydrogen-bond donors (Lipinski definition) is 0.